The largest absolute Gasteiger partial charge is 0.416 e. The van der Waals surface area contributed by atoms with Crippen LogP contribution in [0.15, 0.2) is 59.4 Å². The number of nitrogens with zero attached hydrogens (tertiary/aromatic N) is 2. The highest BCUT2D eigenvalue weighted by molar-refractivity contribution is 14.1. The van der Waals surface area contributed by atoms with Crippen LogP contribution in [-0.4, -0.2) is 15.7 Å². The van der Waals surface area contributed by atoms with E-state index in [0.29, 0.717) is 11.4 Å². The lowest BCUT2D eigenvalue weighted by Gasteiger charge is -2.13. The Balaban J connectivity index is 2.00. The average molecular weight is 499 g/mol. The summed E-state index contributed by atoms with van der Waals surface area (Å²) in [5.41, 5.74) is -1.02. The van der Waals surface area contributed by atoms with Gasteiger partial charge in [-0.2, -0.15) is 18.3 Å². The number of hydrogen-bond donors (Lipinski definition) is 1. The molecule has 0 atom stereocenters. The number of nitrogens with one attached hydrogen (secondary N) is 1. The van der Waals surface area contributed by atoms with Crippen LogP contribution in [0.5, 0.6) is 0 Å². The van der Waals surface area contributed by atoms with Gasteiger partial charge in [0.15, 0.2) is 5.69 Å². The smallest absolute Gasteiger partial charge is 0.320 e. The second kappa shape index (κ2) is 7.74. The predicted octanol–water partition coefficient (Wildman–Crippen LogP) is 4.42. The fourth-order valence-corrected chi connectivity index (χ4v) is 2.86. The van der Waals surface area contributed by atoms with Crippen molar-refractivity contribution in [3.8, 4) is 5.69 Å². The molecule has 2 aromatic carbocycles. The predicted molar refractivity (Wildman–Crippen MR) is 107 cm³/mol. The van der Waals surface area contributed by atoms with Gasteiger partial charge in [-0.1, -0.05) is 6.07 Å². The van der Waals surface area contributed by atoms with Gasteiger partial charge < -0.3 is 5.32 Å². The third-order valence-corrected chi connectivity index (χ3v) is 4.56. The van der Waals surface area contributed by atoms with Crippen molar-refractivity contribution in [1.82, 2.24) is 9.78 Å². The van der Waals surface area contributed by atoms with Crippen LogP contribution in [-0.2, 0) is 6.18 Å². The standard InChI is InChI=1S/C19H13F3IN3O2/c1-11-9-16(27)17(18(28)24-14-7-5-13(23)6-8-14)25-26(11)15-4-2-3-12(10-15)19(20,21)22/h2-10H,1H3,(H,24,28). The summed E-state index contributed by atoms with van der Waals surface area (Å²) in [4.78, 5) is 24.7. The Morgan fingerprint density at radius 2 is 1.79 bits per heavy atom. The van der Waals surface area contributed by atoms with Crippen molar-refractivity contribution in [1.29, 1.82) is 0 Å². The van der Waals surface area contributed by atoms with Crippen molar-refractivity contribution in [2.45, 2.75) is 13.1 Å². The molecular weight excluding hydrogens is 486 g/mol. The number of rotatable bonds is 3. The number of anilines is 1. The quantitative estimate of drug-likeness (QED) is 0.543. The lowest BCUT2D eigenvalue weighted by molar-refractivity contribution is -0.137. The highest BCUT2D eigenvalue weighted by Gasteiger charge is 2.30. The Bertz CT molecular complexity index is 1090. The fourth-order valence-electron chi connectivity index (χ4n) is 2.50. The molecule has 0 radical (unpaired) electrons. The maximum Gasteiger partial charge on any atom is 0.416 e. The van der Waals surface area contributed by atoms with Crippen molar-refractivity contribution in [3.63, 3.8) is 0 Å². The molecule has 5 nitrogen and oxygen atoms in total. The van der Waals surface area contributed by atoms with E-state index in [1.807, 2.05) is 0 Å². The average Bonchev–Trinajstić information content (AvgIpc) is 2.63. The zero-order valence-electron chi connectivity index (χ0n) is 14.4. The van der Waals surface area contributed by atoms with E-state index in [0.717, 1.165) is 26.5 Å². The number of benzene rings is 2. The molecule has 0 unspecified atom stereocenters. The first kappa shape index (κ1) is 20.1. The van der Waals surface area contributed by atoms with E-state index in [1.165, 1.54) is 19.1 Å². The van der Waals surface area contributed by atoms with Crippen molar-refractivity contribution in [2.75, 3.05) is 5.32 Å². The van der Waals surface area contributed by atoms with E-state index in [2.05, 4.69) is 33.0 Å². The Morgan fingerprint density at radius 3 is 2.43 bits per heavy atom. The zero-order chi connectivity index (χ0) is 20.5. The third kappa shape index (κ3) is 4.41. The first-order valence-electron chi connectivity index (χ1n) is 8.01. The van der Waals surface area contributed by atoms with Gasteiger partial charge in [0, 0.05) is 21.0 Å². The molecule has 144 valence electrons. The van der Waals surface area contributed by atoms with Gasteiger partial charge in [0.05, 0.1) is 11.3 Å². The molecule has 0 aliphatic rings. The van der Waals surface area contributed by atoms with Gasteiger partial charge in [0.1, 0.15) is 0 Å². The first-order chi connectivity index (χ1) is 13.1. The number of alkyl halides is 3. The van der Waals surface area contributed by atoms with Crippen LogP contribution in [0.1, 0.15) is 21.7 Å². The summed E-state index contributed by atoms with van der Waals surface area (Å²) in [6.45, 7) is 1.52. The summed E-state index contributed by atoms with van der Waals surface area (Å²) in [7, 11) is 0. The van der Waals surface area contributed by atoms with Crippen LogP contribution in [0.3, 0.4) is 0 Å². The molecule has 0 saturated heterocycles. The number of amides is 1. The minimum Gasteiger partial charge on any atom is -0.320 e. The van der Waals surface area contributed by atoms with Gasteiger partial charge in [-0.25, -0.2) is 4.68 Å². The molecule has 0 saturated carbocycles. The minimum absolute atomic E-state index is 0.0932. The van der Waals surface area contributed by atoms with Gasteiger partial charge in [0.2, 0.25) is 5.43 Å². The number of aromatic nitrogens is 2. The number of aryl methyl sites for hydroxylation is 1. The second-order valence-corrected chi connectivity index (χ2v) is 7.17. The van der Waals surface area contributed by atoms with Crippen LogP contribution in [0.2, 0.25) is 0 Å². The minimum atomic E-state index is -4.52. The van der Waals surface area contributed by atoms with E-state index < -0.39 is 28.8 Å². The molecule has 0 fully saturated rings. The van der Waals surface area contributed by atoms with Gasteiger partial charge >= 0.3 is 6.18 Å². The Kier molecular flexibility index (Phi) is 5.54. The number of carbonyl (C=O) groups is 1. The topological polar surface area (TPSA) is 64.0 Å². The molecule has 1 heterocycles. The van der Waals surface area contributed by atoms with E-state index in [9.17, 15) is 22.8 Å². The van der Waals surface area contributed by atoms with Crippen LogP contribution in [0, 0.1) is 10.5 Å². The maximum absolute atomic E-state index is 13.0. The molecule has 1 N–H and O–H groups in total. The lowest BCUT2D eigenvalue weighted by Crippen LogP contribution is -2.27. The highest BCUT2D eigenvalue weighted by atomic mass is 127. The summed E-state index contributed by atoms with van der Waals surface area (Å²) in [5.74, 6) is -0.744. The molecule has 28 heavy (non-hydrogen) atoms. The van der Waals surface area contributed by atoms with Crippen molar-refractivity contribution in [3.05, 3.63) is 85.3 Å². The molecule has 1 aromatic heterocycles. The van der Waals surface area contributed by atoms with Gasteiger partial charge in [0.25, 0.3) is 5.91 Å². The molecule has 0 aliphatic heterocycles. The third-order valence-electron chi connectivity index (χ3n) is 3.84. The summed E-state index contributed by atoms with van der Waals surface area (Å²) >= 11 is 2.11. The summed E-state index contributed by atoms with van der Waals surface area (Å²) in [6.07, 6.45) is -4.52. The number of hydrogen-bond acceptors (Lipinski definition) is 3. The summed E-state index contributed by atoms with van der Waals surface area (Å²) < 4.78 is 41.1. The van der Waals surface area contributed by atoms with Gasteiger partial charge in [-0.3, -0.25) is 9.59 Å². The Morgan fingerprint density at radius 1 is 1.11 bits per heavy atom. The summed E-state index contributed by atoms with van der Waals surface area (Å²) in [5, 5.41) is 6.56. The van der Waals surface area contributed by atoms with Gasteiger partial charge in [-0.15, -0.1) is 0 Å². The monoisotopic (exact) mass is 499 g/mol. The van der Waals surface area contributed by atoms with Crippen molar-refractivity contribution in [2.24, 2.45) is 0 Å². The fraction of sp³-hybridized carbons (Fsp3) is 0.105. The molecule has 0 bridgehead atoms. The van der Waals surface area contributed by atoms with E-state index in [-0.39, 0.29) is 5.69 Å². The second-order valence-electron chi connectivity index (χ2n) is 5.92. The molecule has 0 spiro atoms. The molecule has 3 aromatic rings. The van der Waals surface area contributed by atoms with Crippen molar-refractivity contribution >= 4 is 34.2 Å². The maximum atomic E-state index is 13.0. The normalized spacial score (nSPS) is 11.3. The van der Waals surface area contributed by atoms with Crippen LogP contribution >= 0.6 is 22.6 Å². The summed E-state index contributed by atoms with van der Waals surface area (Å²) in [6, 6.07) is 12.5. The number of carbonyl (C=O) groups excluding carboxylic acids is 1. The molecule has 9 heteroatoms. The van der Waals surface area contributed by atoms with Crippen LogP contribution < -0.4 is 10.7 Å². The molecule has 3 rings (SSSR count). The van der Waals surface area contributed by atoms with E-state index in [1.54, 1.807) is 24.3 Å². The van der Waals surface area contributed by atoms with E-state index >= 15 is 0 Å². The zero-order valence-corrected chi connectivity index (χ0v) is 16.6. The van der Waals surface area contributed by atoms with E-state index in [4.69, 9.17) is 0 Å². The SMILES string of the molecule is Cc1cc(=O)c(C(=O)Nc2ccc(I)cc2)nn1-c1cccc(C(F)(F)F)c1. The molecule has 1 amide bonds. The Hall–Kier alpha value is -2.69. The van der Waals surface area contributed by atoms with Crippen LogP contribution in [0.4, 0.5) is 18.9 Å². The first-order valence-corrected chi connectivity index (χ1v) is 9.08. The lowest BCUT2D eigenvalue weighted by atomic mass is 10.2. The molecule has 0 aliphatic carbocycles. The number of halogens is 4. The van der Waals surface area contributed by atoms with Gasteiger partial charge in [-0.05, 0) is 72.0 Å². The Labute approximate surface area is 171 Å². The van der Waals surface area contributed by atoms with Crippen LogP contribution in [0.25, 0.3) is 5.69 Å². The van der Waals surface area contributed by atoms with Crippen molar-refractivity contribution < 1.29 is 18.0 Å². The highest BCUT2D eigenvalue weighted by Crippen LogP contribution is 2.30. The molecular formula is C19H13F3IN3O2.